The van der Waals surface area contributed by atoms with E-state index in [0.29, 0.717) is 0 Å². The molecule has 0 bridgehead atoms. The van der Waals surface area contributed by atoms with Gasteiger partial charge in [-0.1, -0.05) is 69.2 Å². The number of rotatable bonds is 13. The van der Waals surface area contributed by atoms with E-state index < -0.39 is 25.9 Å². The van der Waals surface area contributed by atoms with Gasteiger partial charge in [0, 0.05) is 5.92 Å². The molecule has 0 heterocycles. The Bertz CT molecular complexity index is 470. The van der Waals surface area contributed by atoms with Crippen molar-refractivity contribution in [3.05, 3.63) is 49.1 Å². The van der Waals surface area contributed by atoms with Crippen molar-refractivity contribution in [2.75, 3.05) is 0 Å². The fourth-order valence-electron chi connectivity index (χ4n) is 2.08. The minimum atomic E-state index is -4.85. The van der Waals surface area contributed by atoms with Crippen LogP contribution in [0.5, 0.6) is 0 Å². The number of hydrogen-bond donors (Lipinski definition) is 2. The van der Waals surface area contributed by atoms with Gasteiger partial charge in [-0.25, -0.2) is 0 Å². The summed E-state index contributed by atoms with van der Waals surface area (Å²) in [7, 11) is -4.85. The van der Waals surface area contributed by atoms with Crippen LogP contribution in [-0.2, 0) is 9.09 Å². The van der Waals surface area contributed by atoms with Gasteiger partial charge in [0.1, 0.15) is 0 Å². The van der Waals surface area contributed by atoms with E-state index in [1.165, 1.54) is 25.3 Å². The van der Waals surface area contributed by atoms with E-state index in [9.17, 15) is 14.6 Å². The molecular formula is C18H30NaO5P. The van der Waals surface area contributed by atoms with Gasteiger partial charge in [-0.15, -0.1) is 6.58 Å². The Morgan fingerprint density at radius 2 is 1.88 bits per heavy atom. The molecule has 4 atom stereocenters. The Morgan fingerprint density at radius 1 is 1.24 bits per heavy atom. The molecule has 0 aromatic rings. The Morgan fingerprint density at radius 3 is 2.44 bits per heavy atom. The minimum Gasteiger partial charge on any atom is -0.756 e. The summed E-state index contributed by atoms with van der Waals surface area (Å²) < 4.78 is 15.5. The van der Waals surface area contributed by atoms with Crippen molar-refractivity contribution in [1.82, 2.24) is 0 Å². The predicted molar refractivity (Wildman–Crippen MR) is 96.2 cm³/mol. The van der Waals surface area contributed by atoms with Gasteiger partial charge in [-0.3, -0.25) is 4.57 Å². The summed E-state index contributed by atoms with van der Waals surface area (Å²) in [4.78, 5) is 19.7. The summed E-state index contributed by atoms with van der Waals surface area (Å²) in [6.45, 7) is 7.34. The summed E-state index contributed by atoms with van der Waals surface area (Å²) in [5.41, 5.74) is 0. The first-order valence-corrected chi connectivity index (χ1v) is 9.82. The van der Waals surface area contributed by atoms with E-state index in [1.807, 2.05) is 12.2 Å². The summed E-state index contributed by atoms with van der Waals surface area (Å²) >= 11 is 0. The normalized spacial score (nSPS) is 18.1. The van der Waals surface area contributed by atoms with Gasteiger partial charge >= 0.3 is 29.6 Å². The third-order valence-corrected chi connectivity index (χ3v) is 4.08. The molecule has 1 unspecified atom stereocenters. The van der Waals surface area contributed by atoms with E-state index in [2.05, 4.69) is 24.1 Å². The molecule has 0 saturated heterocycles. The van der Waals surface area contributed by atoms with Crippen LogP contribution >= 0.6 is 7.82 Å². The SMILES string of the molecule is C=CC[C@H](OP(=O)([O-])O)[C@@H](C)[C@@H](O)\C=C/C=C\C=C\CCCCC.[Na+]. The quantitative estimate of drug-likeness (QED) is 0.161. The Kier molecular flexibility index (Phi) is 17.7. The van der Waals surface area contributed by atoms with Crippen LogP contribution in [0.4, 0.5) is 0 Å². The van der Waals surface area contributed by atoms with Crippen molar-refractivity contribution in [1.29, 1.82) is 0 Å². The zero-order valence-corrected chi connectivity index (χ0v) is 18.5. The molecule has 0 aromatic carbocycles. The molecule has 0 aliphatic rings. The van der Waals surface area contributed by atoms with Crippen LogP contribution in [0.2, 0.25) is 0 Å². The van der Waals surface area contributed by atoms with Crippen LogP contribution < -0.4 is 34.5 Å². The smallest absolute Gasteiger partial charge is 0.756 e. The van der Waals surface area contributed by atoms with Crippen LogP contribution in [-0.4, -0.2) is 22.2 Å². The molecule has 0 saturated carbocycles. The van der Waals surface area contributed by atoms with Crippen molar-refractivity contribution in [3.63, 3.8) is 0 Å². The van der Waals surface area contributed by atoms with Gasteiger partial charge in [0.25, 0.3) is 7.82 Å². The maximum Gasteiger partial charge on any atom is 1.00 e. The summed E-state index contributed by atoms with van der Waals surface area (Å²) in [5.74, 6) is -0.522. The molecule has 0 aromatic heterocycles. The number of phosphoric ester groups is 1. The number of aliphatic hydroxyl groups is 1. The van der Waals surface area contributed by atoms with Crippen molar-refractivity contribution < 1.29 is 53.5 Å². The van der Waals surface area contributed by atoms with Gasteiger partial charge in [-0.2, -0.15) is 0 Å². The maximum atomic E-state index is 10.9. The Balaban J connectivity index is 0. The third kappa shape index (κ3) is 16.0. The molecule has 0 fully saturated rings. The molecule has 25 heavy (non-hydrogen) atoms. The second-order valence-electron chi connectivity index (χ2n) is 5.68. The molecule has 0 aliphatic heterocycles. The Labute approximate surface area is 174 Å². The topological polar surface area (TPSA) is 89.8 Å². The van der Waals surface area contributed by atoms with Crippen LogP contribution in [0.3, 0.4) is 0 Å². The molecule has 2 N–H and O–H groups in total. The number of phosphoric acid groups is 1. The van der Waals surface area contributed by atoms with Gasteiger partial charge in [-0.05, 0) is 19.3 Å². The van der Waals surface area contributed by atoms with Gasteiger partial charge in [0.05, 0.1) is 12.2 Å². The maximum absolute atomic E-state index is 10.9. The minimum absolute atomic E-state index is 0. The van der Waals surface area contributed by atoms with Crippen molar-refractivity contribution in [2.45, 2.75) is 58.2 Å². The predicted octanol–water partition coefficient (Wildman–Crippen LogP) is 0.658. The number of aliphatic hydroxyl groups excluding tert-OH is 1. The monoisotopic (exact) mass is 380 g/mol. The van der Waals surface area contributed by atoms with E-state index >= 15 is 0 Å². The molecule has 7 heteroatoms. The standard InChI is InChI=1S/C18H31O5P.Na/c1-4-6-7-8-9-10-11-12-13-15-17(19)16(3)18(14-5-2)23-24(20,21)22;/h5,9-13,15-19H,2,4,6-8,14H2,1,3H3,(H2,20,21,22);/q;+1/p-1/b10-9+,12-11-,15-13-;/t16-,17-,18-;/m0./s1. The first-order valence-electron chi connectivity index (χ1n) is 8.33. The summed E-state index contributed by atoms with van der Waals surface area (Å²) in [6, 6.07) is 0. The molecule has 138 valence electrons. The first kappa shape index (κ1) is 27.3. The molecule has 0 aliphatic carbocycles. The zero-order valence-electron chi connectivity index (χ0n) is 15.6. The number of hydrogen-bond acceptors (Lipinski definition) is 4. The second kappa shape index (κ2) is 16.2. The molecule has 0 rings (SSSR count). The average molecular weight is 380 g/mol. The zero-order chi connectivity index (χ0) is 18.4. The summed E-state index contributed by atoms with van der Waals surface area (Å²) in [6.07, 6.45) is 15.6. The van der Waals surface area contributed by atoms with Gasteiger partial charge in [0.2, 0.25) is 0 Å². The van der Waals surface area contributed by atoms with Crippen LogP contribution in [0.25, 0.3) is 0 Å². The number of unbranched alkanes of at least 4 members (excludes halogenated alkanes) is 3. The van der Waals surface area contributed by atoms with E-state index in [0.717, 1.165) is 6.42 Å². The Hall–Kier alpha value is 0.0300. The fourth-order valence-corrected chi connectivity index (χ4v) is 2.70. The van der Waals surface area contributed by atoms with Crippen molar-refractivity contribution in [2.24, 2.45) is 5.92 Å². The molecule has 0 spiro atoms. The van der Waals surface area contributed by atoms with Crippen LogP contribution in [0.1, 0.15) is 46.0 Å². The van der Waals surface area contributed by atoms with Gasteiger partial charge < -0.3 is 19.4 Å². The van der Waals surface area contributed by atoms with Crippen LogP contribution in [0, 0.1) is 5.92 Å². The van der Waals surface area contributed by atoms with E-state index in [-0.39, 0.29) is 36.0 Å². The largest absolute Gasteiger partial charge is 1.00 e. The van der Waals surface area contributed by atoms with E-state index in [1.54, 1.807) is 25.2 Å². The number of allylic oxidation sites excluding steroid dienone is 5. The van der Waals surface area contributed by atoms with Crippen molar-refractivity contribution in [3.8, 4) is 0 Å². The molecule has 5 nitrogen and oxygen atoms in total. The van der Waals surface area contributed by atoms with Gasteiger partial charge in [0.15, 0.2) is 0 Å². The molecular weight excluding hydrogens is 350 g/mol. The van der Waals surface area contributed by atoms with Crippen molar-refractivity contribution >= 4 is 7.82 Å². The van der Waals surface area contributed by atoms with E-state index in [4.69, 9.17) is 4.89 Å². The fraction of sp³-hybridized carbons (Fsp3) is 0.556. The molecule has 0 amide bonds. The van der Waals surface area contributed by atoms with Crippen LogP contribution in [0.15, 0.2) is 49.1 Å². The molecule has 0 radical (unpaired) electrons. The summed E-state index contributed by atoms with van der Waals surface area (Å²) in [5, 5.41) is 10.1. The third-order valence-electron chi connectivity index (χ3n) is 3.54. The second-order valence-corrected chi connectivity index (χ2v) is 6.83. The first-order chi connectivity index (χ1) is 11.3. The average Bonchev–Trinajstić information content (AvgIpc) is 2.50.